The van der Waals surface area contributed by atoms with Crippen molar-refractivity contribution in [1.29, 1.82) is 0 Å². The lowest BCUT2D eigenvalue weighted by Crippen LogP contribution is -2.39. The molecule has 0 aliphatic carbocycles. The van der Waals surface area contributed by atoms with Gasteiger partial charge in [0.2, 0.25) is 0 Å². The Hall–Kier alpha value is -0.600. The second-order valence-corrected chi connectivity index (χ2v) is 5.43. The molecule has 0 aliphatic heterocycles. The first-order valence-corrected chi connectivity index (χ1v) is 8.34. The fourth-order valence-corrected chi connectivity index (χ4v) is 2.26. The third kappa shape index (κ3) is 9.99. The predicted molar refractivity (Wildman–Crippen MR) is 110 cm³/mol. The highest BCUT2D eigenvalue weighted by atomic mass is 127. The molecule has 1 heterocycles. The molecule has 23 heavy (non-hydrogen) atoms. The van der Waals surface area contributed by atoms with Crippen LogP contribution in [-0.4, -0.2) is 55.6 Å². The lowest BCUT2D eigenvalue weighted by atomic mass is 10.2. The largest absolute Gasteiger partial charge is 0.356 e. The van der Waals surface area contributed by atoms with Gasteiger partial charge in [0, 0.05) is 26.3 Å². The summed E-state index contributed by atoms with van der Waals surface area (Å²) in [5.74, 6) is 0.849. The first-order chi connectivity index (χ1) is 10.7. The van der Waals surface area contributed by atoms with Gasteiger partial charge in [0.1, 0.15) is 5.15 Å². The second kappa shape index (κ2) is 13.8. The molecule has 0 aliphatic rings. The Balaban J connectivity index is 0.00000484. The third-order valence-electron chi connectivity index (χ3n) is 3.56. The van der Waals surface area contributed by atoms with Crippen LogP contribution in [0.3, 0.4) is 0 Å². The Morgan fingerprint density at radius 1 is 1.22 bits per heavy atom. The maximum Gasteiger partial charge on any atom is 0.190 e. The number of nitrogens with one attached hydrogen (secondary N) is 2. The fraction of sp³-hybridized carbons (Fsp3) is 0.625. The molecule has 7 heteroatoms. The van der Waals surface area contributed by atoms with Crippen molar-refractivity contribution in [2.24, 2.45) is 4.99 Å². The minimum absolute atomic E-state index is 0. The van der Waals surface area contributed by atoms with Crippen LogP contribution in [-0.2, 0) is 6.42 Å². The lowest BCUT2D eigenvalue weighted by molar-refractivity contribution is 0.300. The Morgan fingerprint density at radius 2 is 1.91 bits per heavy atom. The number of nitrogens with zero attached hydrogens (tertiary/aromatic N) is 3. The van der Waals surface area contributed by atoms with Crippen molar-refractivity contribution in [2.45, 2.75) is 26.7 Å². The van der Waals surface area contributed by atoms with Crippen molar-refractivity contribution in [2.75, 3.05) is 39.8 Å². The van der Waals surface area contributed by atoms with Gasteiger partial charge in [-0.15, -0.1) is 24.0 Å². The van der Waals surface area contributed by atoms with Crippen molar-refractivity contribution >= 4 is 41.5 Å². The van der Waals surface area contributed by atoms with Crippen LogP contribution in [0.2, 0.25) is 5.15 Å². The SMILES string of the molecule is CCN(CC)CCCNC(=NC)NCCc1ccc(Cl)nc1.I. The van der Waals surface area contributed by atoms with Gasteiger partial charge in [-0.3, -0.25) is 4.99 Å². The fourth-order valence-electron chi connectivity index (χ4n) is 2.15. The van der Waals surface area contributed by atoms with Gasteiger partial charge >= 0.3 is 0 Å². The van der Waals surface area contributed by atoms with E-state index < -0.39 is 0 Å². The van der Waals surface area contributed by atoms with Crippen molar-refractivity contribution < 1.29 is 0 Å². The smallest absolute Gasteiger partial charge is 0.190 e. The molecular formula is C16H29ClIN5. The molecule has 0 saturated carbocycles. The Kier molecular flexibility index (Phi) is 13.4. The molecule has 0 spiro atoms. The van der Waals surface area contributed by atoms with Gasteiger partial charge in [-0.1, -0.05) is 31.5 Å². The van der Waals surface area contributed by atoms with Gasteiger partial charge in [0.15, 0.2) is 5.96 Å². The number of guanidine groups is 1. The van der Waals surface area contributed by atoms with Gasteiger partial charge in [-0.05, 0) is 44.1 Å². The maximum absolute atomic E-state index is 5.77. The number of aromatic nitrogens is 1. The zero-order valence-electron chi connectivity index (χ0n) is 14.3. The standard InChI is InChI=1S/C16H28ClN5.HI/c1-4-22(5-2)12-6-10-19-16(18-3)20-11-9-14-7-8-15(17)21-13-14;/h7-8,13H,4-6,9-12H2,1-3H3,(H2,18,19,20);1H. The van der Waals surface area contributed by atoms with Crippen molar-refractivity contribution in [3.05, 3.63) is 29.0 Å². The van der Waals surface area contributed by atoms with Crippen molar-refractivity contribution in [1.82, 2.24) is 20.5 Å². The molecular weight excluding hydrogens is 425 g/mol. The minimum Gasteiger partial charge on any atom is -0.356 e. The first kappa shape index (κ1) is 22.4. The Morgan fingerprint density at radius 3 is 2.48 bits per heavy atom. The van der Waals surface area contributed by atoms with Crippen LogP contribution in [0.4, 0.5) is 0 Å². The first-order valence-electron chi connectivity index (χ1n) is 7.96. The highest BCUT2D eigenvalue weighted by molar-refractivity contribution is 14.0. The van der Waals surface area contributed by atoms with Gasteiger partial charge in [0.25, 0.3) is 0 Å². The number of aliphatic imine (C=N–C) groups is 1. The van der Waals surface area contributed by atoms with E-state index in [2.05, 4.69) is 39.4 Å². The summed E-state index contributed by atoms with van der Waals surface area (Å²) in [4.78, 5) is 10.7. The topological polar surface area (TPSA) is 52.5 Å². The summed E-state index contributed by atoms with van der Waals surface area (Å²) in [5, 5.41) is 7.19. The van der Waals surface area contributed by atoms with E-state index in [1.165, 1.54) is 0 Å². The average molecular weight is 454 g/mol. The van der Waals surface area contributed by atoms with E-state index in [0.29, 0.717) is 5.15 Å². The van der Waals surface area contributed by atoms with E-state index in [4.69, 9.17) is 11.6 Å². The number of pyridine rings is 1. The molecule has 0 aromatic carbocycles. The number of hydrogen-bond donors (Lipinski definition) is 2. The van der Waals surface area contributed by atoms with Crippen LogP contribution in [0.25, 0.3) is 0 Å². The average Bonchev–Trinajstić information content (AvgIpc) is 2.55. The molecule has 132 valence electrons. The van der Waals surface area contributed by atoms with Gasteiger partial charge in [-0.25, -0.2) is 4.98 Å². The third-order valence-corrected chi connectivity index (χ3v) is 3.78. The van der Waals surface area contributed by atoms with Crippen molar-refractivity contribution in [3.63, 3.8) is 0 Å². The molecule has 0 radical (unpaired) electrons. The van der Waals surface area contributed by atoms with Crippen LogP contribution in [0.5, 0.6) is 0 Å². The normalized spacial score (nSPS) is 11.3. The minimum atomic E-state index is 0. The predicted octanol–water partition coefficient (Wildman–Crippen LogP) is 2.79. The van der Waals surface area contributed by atoms with Crippen molar-refractivity contribution in [3.8, 4) is 0 Å². The summed E-state index contributed by atoms with van der Waals surface area (Å²) in [7, 11) is 1.80. The van der Waals surface area contributed by atoms with Gasteiger partial charge in [-0.2, -0.15) is 0 Å². The summed E-state index contributed by atoms with van der Waals surface area (Å²) in [6.07, 6.45) is 3.82. The lowest BCUT2D eigenvalue weighted by Gasteiger charge is -2.18. The van der Waals surface area contributed by atoms with E-state index in [1.807, 2.05) is 18.3 Å². The Bertz CT molecular complexity index is 435. The Labute approximate surface area is 162 Å². The summed E-state index contributed by atoms with van der Waals surface area (Å²) in [6, 6.07) is 3.81. The van der Waals surface area contributed by atoms with E-state index in [0.717, 1.165) is 57.1 Å². The molecule has 0 fully saturated rings. The van der Waals surface area contributed by atoms with Crippen LogP contribution >= 0.6 is 35.6 Å². The zero-order valence-corrected chi connectivity index (χ0v) is 17.4. The maximum atomic E-state index is 5.77. The molecule has 0 saturated heterocycles. The van der Waals surface area contributed by atoms with Crippen LogP contribution in [0.15, 0.2) is 23.3 Å². The van der Waals surface area contributed by atoms with Crippen LogP contribution in [0.1, 0.15) is 25.8 Å². The second-order valence-electron chi connectivity index (χ2n) is 5.05. The number of rotatable bonds is 9. The summed E-state index contributed by atoms with van der Waals surface area (Å²) in [6.45, 7) is 9.48. The summed E-state index contributed by atoms with van der Waals surface area (Å²) >= 11 is 5.77. The monoisotopic (exact) mass is 453 g/mol. The molecule has 0 atom stereocenters. The van der Waals surface area contributed by atoms with Crippen LogP contribution in [0, 0.1) is 0 Å². The highest BCUT2D eigenvalue weighted by Crippen LogP contribution is 2.05. The summed E-state index contributed by atoms with van der Waals surface area (Å²) < 4.78 is 0. The van der Waals surface area contributed by atoms with Gasteiger partial charge in [0.05, 0.1) is 0 Å². The molecule has 2 N–H and O–H groups in total. The number of halogens is 2. The highest BCUT2D eigenvalue weighted by Gasteiger charge is 2.00. The molecule has 5 nitrogen and oxygen atoms in total. The molecule has 1 aromatic rings. The van der Waals surface area contributed by atoms with Gasteiger partial charge < -0.3 is 15.5 Å². The quantitative estimate of drug-likeness (QED) is 0.198. The van der Waals surface area contributed by atoms with E-state index >= 15 is 0 Å². The molecule has 0 amide bonds. The molecule has 1 aromatic heterocycles. The van der Waals surface area contributed by atoms with E-state index in [1.54, 1.807) is 7.05 Å². The van der Waals surface area contributed by atoms with Crippen LogP contribution < -0.4 is 10.6 Å². The number of hydrogen-bond acceptors (Lipinski definition) is 3. The zero-order chi connectivity index (χ0) is 16.2. The molecule has 0 bridgehead atoms. The molecule has 0 unspecified atom stereocenters. The van der Waals surface area contributed by atoms with E-state index in [-0.39, 0.29) is 24.0 Å². The molecule has 1 rings (SSSR count). The summed E-state index contributed by atoms with van der Waals surface area (Å²) in [5.41, 5.74) is 1.16. The van der Waals surface area contributed by atoms with E-state index in [9.17, 15) is 0 Å².